The summed E-state index contributed by atoms with van der Waals surface area (Å²) in [6.07, 6.45) is 0.459. The van der Waals surface area contributed by atoms with Crippen molar-refractivity contribution in [3.05, 3.63) is 64.1 Å². The average molecular weight is 372 g/mol. The van der Waals surface area contributed by atoms with Crippen molar-refractivity contribution in [2.45, 2.75) is 17.4 Å². The molecule has 0 aliphatic heterocycles. The highest BCUT2D eigenvalue weighted by molar-refractivity contribution is 9.10. The van der Waals surface area contributed by atoms with Crippen LogP contribution in [0.1, 0.15) is 5.56 Å². The number of thioether (sulfide) groups is 1. The van der Waals surface area contributed by atoms with E-state index >= 15 is 0 Å². The minimum atomic E-state index is -0.790. The number of benzene rings is 2. The van der Waals surface area contributed by atoms with Crippen LogP contribution in [0.25, 0.3) is 0 Å². The monoisotopic (exact) mass is 371 g/mol. The van der Waals surface area contributed by atoms with E-state index in [1.54, 1.807) is 23.9 Å². The third-order valence-electron chi connectivity index (χ3n) is 3.15. The van der Waals surface area contributed by atoms with Crippen molar-refractivity contribution in [3.63, 3.8) is 0 Å². The summed E-state index contributed by atoms with van der Waals surface area (Å²) in [5.74, 6) is -0.754. The molecule has 0 amide bonds. The molecular formula is C16H16BrF2NS. The van der Waals surface area contributed by atoms with Crippen molar-refractivity contribution in [1.82, 2.24) is 5.32 Å². The molecule has 0 saturated heterocycles. The third kappa shape index (κ3) is 4.80. The van der Waals surface area contributed by atoms with E-state index in [-0.39, 0.29) is 6.04 Å². The second kappa shape index (κ2) is 7.92. The molecule has 1 unspecified atom stereocenters. The number of nitrogens with one attached hydrogen (secondary N) is 1. The first-order chi connectivity index (χ1) is 10.1. The highest BCUT2D eigenvalue weighted by Gasteiger charge is 2.13. The molecule has 0 heterocycles. The van der Waals surface area contributed by atoms with Crippen LogP contribution in [-0.4, -0.2) is 18.8 Å². The Kier molecular flexibility index (Phi) is 6.21. The molecule has 5 heteroatoms. The van der Waals surface area contributed by atoms with Gasteiger partial charge >= 0.3 is 0 Å². The van der Waals surface area contributed by atoms with Gasteiger partial charge in [0.25, 0.3) is 0 Å². The van der Waals surface area contributed by atoms with E-state index in [1.807, 2.05) is 31.3 Å². The van der Waals surface area contributed by atoms with Crippen molar-refractivity contribution in [3.8, 4) is 0 Å². The number of likely N-dealkylation sites (N-methyl/N-ethyl adjacent to an activating group) is 1. The van der Waals surface area contributed by atoms with E-state index in [1.165, 1.54) is 0 Å². The Morgan fingerprint density at radius 3 is 2.67 bits per heavy atom. The Morgan fingerprint density at radius 2 is 1.95 bits per heavy atom. The van der Waals surface area contributed by atoms with Gasteiger partial charge in [0.15, 0.2) is 11.6 Å². The van der Waals surface area contributed by atoms with Crippen LogP contribution in [0.4, 0.5) is 8.78 Å². The fraction of sp³-hybridized carbons (Fsp3) is 0.250. The van der Waals surface area contributed by atoms with Crippen molar-refractivity contribution >= 4 is 27.7 Å². The minimum absolute atomic E-state index is 0.0743. The van der Waals surface area contributed by atoms with Crippen LogP contribution in [0, 0.1) is 11.6 Å². The molecule has 0 spiro atoms. The van der Waals surface area contributed by atoms with E-state index in [0.717, 1.165) is 21.2 Å². The maximum atomic E-state index is 13.7. The summed E-state index contributed by atoms with van der Waals surface area (Å²) >= 11 is 5.13. The van der Waals surface area contributed by atoms with Crippen molar-refractivity contribution in [2.24, 2.45) is 0 Å². The zero-order valence-electron chi connectivity index (χ0n) is 11.6. The first kappa shape index (κ1) is 16.5. The van der Waals surface area contributed by atoms with Gasteiger partial charge in [0.05, 0.1) is 0 Å². The molecule has 0 radical (unpaired) electrons. The maximum absolute atomic E-state index is 13.7. The molecular weight excluding hydrogens is 356 g/mol. The molecule has 1 atom stereocenters. The summed E-state index contributed by atoms with van der Waals surface area (Å²) < 4.78 is 28.0. The van der Waals surface area contributed by atoms with Gasteiger partial charge in [-0.1, -0.05) is 34.1 Å². The zero-order chi connectivity index (χ0) is 15.2. The average Bonchev–Trinajstić information content (AvgIpc) is 2.48. The van der Waals surface area contributed by atoms with Crippen LogP contribution in [0.15, 0.2) is 51.8 Å². The molecule has 112 valence electrons. The summed E-state index contributed by atoms with van der Waals surface area (Å²) in [7, 11) is 1.84. The molecule has 0 saturated carbocycles. The van der Waals surface area contributed by atoms with Crippen LogP contribution < -0.4 is 5.32 Å². The minimum Gasteiger partial charge on any atom is -0.316 e. The molecule has 1 N–H and O–H groups in total. The standard InChI is InChI=1S/C16H16BrF2NS/c1-20-13(8-11-4-2-7-15(18)16(11)19)10-21-14-6-3-5-12(17)9-14/h2-7,9,13,20H,8,10H2,1H3. The first-order valence-electron chi connectivity index (χ1n) is 6.58. The van der Waals surface area contributed by atoms with Crippen LogP contribution in [0.3, 0.4) is 0 Å². The summed E-state index contributed by atoms with van der Waals surface area (Å²) in [6, 6.07) is 12.4. The van der Waals surface area contributed by atoms with E-state index in [2.05, 4.69) is 21.2 Å². The van der Waals surface area contributed by atoms with Gasteiger partial charge < -0.3 is 5.32 Å². The van der Waals surface area contributed by atoms with Crippen molar-refractivity contribution in [1.29, 1.82) is 0 Å². The second-order valence-corrected chi connectivity index (χ2v) is 6.68. The van der Waals surface area contributed by atoms with Gasteiger partial charge in [0.2, 0.25) is 0 Å². The molecule has 2 aromatic carbocycles. The molecule has 2 aromatic rings. The SMILES string of the molecule is CNC(CSc1cccc(Br)c1)Cc1cccc(F)c1F. The Balaban J connectivity index is 1.99. The predicted octanol–water partition coefficient (Wildman–Crippen LogP) is 4.65. The van der Waals surface area contributed by atoms with E-state index < -0.39 is 11.6 Å². The smallest absolute Gasteiger partial charge is 0.162 e. The van der Waals surface area contributed by atoms with Crippen molar-refractivity contribution < 1.29 is 8.78 Å². The second-order valence-electron chi connectivity index (χ2n) is 4.67. The fourth-order valence-electron chi connectivity index (χ4n) is 1.97. The van der Waals surface area contributed by atoms with Gasteiger partial charge in [-0.05, 0) is 43.3 Å². The molecule has 2 rings (SSSR count). The fourth-order valence-corrected chi connectivity index (χ4v) is 3.58. The van der Waals surface area contributed by atoms with E-state index in [9.17, 15) is 8.78 Å². The van der Waals surface area contributed by atoms with Gasteiger partial charge in [-0.2, -0.15) is 0 Å². The van der Waals surface area contributed by atoms with Crippen molar-refractivity contribution in [2.75, 3.05) is 12.8 Å². The Hall–Kier alpha value is -0.910. The quantitative estimate of drug-likeness (QED) is 0.741. The lowest BCUT2D eigenvalue weighted by atomic mass is 10.1. The molecule has 0 fully saturated rings. The molecule has 0 aliphatic rings. The number of halogens is 3. The molecule has 1 nitrogen and oxygen atoms in total. The normalized spacial score (nSPS) is 12.4. The molecule has 0 bridgehead atoms. The lowest BCUT2D eigenvalue weighted by Crippen LogP contribution is -2.30. The summed E-state index contributed by atoms with van der Waals surface area (Å²) in [4.78, 5) is 1.14. The van der Waals surface area contributed by atoms with Crippen LogP contribution in [-0.2, 0) is 6.42 Å². The Morgan fingerprint density at radius 1 is 1.19 bits per heavy atom. The number of hydrogen-bond acceptors (Lipinski definition) is 2. The maximum Gasteiger partial charge on any atom is 0.162 e. The molecule has 0 aliphatic carbocycles. The highest BCUT2D eigenvalue weighted by Crippen LogP contribution is 2.23. The number of rotatable bonds is 6. The van der Waals surface area contributed by atoms with Gasteiger partial charge in [-0.3, -0.25) is 0 Å². The van der Waals surface area contributed by atoms with Crippen LogP contribution in [0.2, 0.25) is 0 Å². The van der Waals surface area contributed by atoms with E-state index in [4.69, 9.17) is 0 Å². The summed E-state index contributed by atoms with van der Waals surface area (Å²) in [5.41, 5.74) is 0.407. The predicted molar refractivity (Wildman–Crippen MR) is 87.8 cm³/mol. The molecule has 0 aromatic heterocycles. The summed E-state index contributed by atoms with van der Waals surface area (Å²) in [6.45, 7) is 0. The molecule has 21 heavy (non-hydrogen) atoms. The first-order valence-corrected chi connectivity index (χ1v) is 8.36. The largest absolute Gasteiger partial charge is 0.316 e. The number of hydrogen-bond donors (Lipinski definition) is 1. The summed E-state index contributed by atoms with van der Waals surface area (Å²) in [5, 5.41) is 3.16. The van der Waals surface area contributed by atoms with Gasteiger partial charge in [0, 0.05) is 21.2 Å². The Bertz CT molecular complexity index is 607. The van der Waals surface area contributed by atoms with Gasteiger partial charge in [-0.25, -0.2) is 8.78 Å². The zero-order valence-corrected chi connectivity index (χ0v) is 14.0. The van der Waals surface area contributed by atoms with Crippen LogP contribution in [0.5, 0.6) is 0 Å². The van der Waals surface area contributed by atoms with Gasteiger partial charge in [0.1, 0.15) is 0 Å². The topological polar surface area (TPSA) is 12.0 Å². The van der Waals surface area contributed by atoms with Gasteiger partial charge in [-0.15, -0.1) is 11.8 Å². The third-order valence-corrected chi connectivity index (χ3v) is 4.80. The van der Waals surface area contributed by atoms with Crippen LogP contribution >= 0.6 is 27.7 Å². The highest BCUT2D eigenvalue weighted by atomic mass is 79.9. The lowest BCUT2D eigenvalue weighted by Gasteiger charge is -2.16. The Labute approximate surface area is 136 Å². The lowest BCUT2D eigenvalue weighted by molar-refractivity contribution is 0.490. The van der Waals surface area contributed by atoms with E-state index in [0.29, 0.717) is 12.0 Å².